The smallest absolute Gasteiger partial charge is 0.176 e. The number of benzene rings is 3. The van der Waals surface area contributed by atoms with Gasteiger partial charge in [0.05, 0.1) is 5.70 Å². The summed E-state index contributed by atoms with van der Waals surface area (Å²) < 4.78 is 0. The van der Waals surface area contributed by atoms with Gasteiger partial charge in [0.25, 0.3) is 0 Å². The Hall–Kier alpha value is -3.28. The second-order valence-electron chi connectivity index (χ2n) is 7.36. The van der Waals surface area contributed by atoms with Crippen molar-refractivity contribution < 1.29 is 0 Å². The lowest BCUT2D eigenvalue weighted by Crippen LogP contribution is -2.35. The van der Waals surface area contributed by atoms with Crippen LogP contribution in [0.3, 0.4) is 0 Å². The number of thioether (sulfide) groups is 1. The second kappa shape index (κ2) is 7.45. The van der Waals surface area contributed by atoms with E-state index >= 15 is 0 Å². The molecule has 0 saturated carbocycles. The van der Waals surface area contributed by atoms with Gasteiger partial charge in [-0.15, -0.1) is 0 Å². The molecule has 3 aromatic carbocycles. The first-order chi connectivity index (χ1) is 15.3. The lowest BCUT2D eigenvalue weighted by Gasteiger charge is -2.29. The highest BCUT2D eigenvalue weighted by molar-refractivity contribution is 8.16. The Morgan fingerprint density at radius 3 is 2.45 bits per heavy atom. The van der Waals surface area contributed by atoms with Crippen molar-refractivity contribution in [2.24, 2.45) is 9.98 Å². The standard InChI is InChI=1S/C25H17ClN4S/c26-18-12-10-17(11-13-18)24-28-23(20-14-27-21-9-5-4-8-19(20)21)29-25-30(24)22(15-31-25)16-6-2-1-3-7-16/h1-15,23,27H. The van der Waals surface area contributed by atoms with Crippen LogP contribution in [0.25, 0.3) is 16.6 Å². The first kappa shape index (κ1) is 18.5. The second-order valence-corrected chi connectivity index (χ2v) is 8.63. The minimum atomic E-state index is -0.316. The summed E-state index contributed by atoms with van der Waals surface area (Å²) >= 11 is 7.80. The number of fused-ring (bicyclic) bond motifs is 2. The Kier molecular flexibility index (Phi) is 4.44. The average Bonchev–Trinajstić information content (AvgIpc) is 3.44. The summed E-state index contributed by atoms with van der Waals surface area (Å²) in [6.07, 6.45) is 1.70. The van der Waals surface area contributed by atoms with Gasteiger partial charge in [-0.05, 0) is 35.9 Å². The number of H-pyrrole nitrogens is 1. The number of aromatic nitrogens is 1. The molecule has 0 amide bonds. The van der Waals surface area contributed by atoms with Gasteiger partial charge in [0.15, 0.2) is 11.3 Å². The van der Waals surface area contributed by atoms with Crippen LogP contribution in [-0.4, -0.2) is 20.9 Å². The largest absolute Gasteiger partial charge is 0.361 e. The lowest BCUT2D eigenvalue weighted by atomic mass is 10.1. The first-order valence-corrected chi connectivity index (χ1v) is 11.2. The molecule has 2 aliphatic rings. The van der Waals surface area contributed by atoms with Crippen LogP contribution in [-0.2, 0) is 0 Å². The van der Waals surface area contributed by atoms with E-state index in [-0.39, 0.29) is 6.17 Å². The van der Waals surface area contributed by atoms with Crippen LogP contribution >= 0.6 is 23.4 Å². The molecule has 1 atom stereocenters. The molecule has 1 aromatic heterocycles. The van der Waals surface area contributed by atoms with Gasteiger partial charge in [-0.3, -0.25) is 4.90 Å². The molecule has 4 aromatic rings. The van der Waals surface area contributed by atoms with Crippen molar-refractivity contribution in [2.45, 2.75) is 6.17 Å². The fourth-order valence-electron chi connectivity index (χ4n) is 3.97. The molecule has 1 unspecified atom stereocenters. The molecule has 2 aliphatic heterocycles. The number of halogens is 1. The summed E-state index contributed by atoms with van der Waals surface area (Å²) in [7, 11) is 0. The van der Waals surface area contributed by atoms with Crippen LogP contribution in [0.4, 0.5) is 0 Å². The Morgan fingerprint density at radius 2 is 1.61 bits per heavy atom. The maximum atomic E-state index is 6.16. The SMILES string of the molecule is Clc1ccc(C2=NC(c3c[nH]c4ccccc34)N=C3SC=C(c4ccccc4)N32)cc1. The summed E-state index contributed by atoms with van der Waals surface area (Å²) in [5, 5.41) is 4.92. The highest BCUT2D eigenvalue weighted by atomic mass is 35.5. The predicted molar refractivity (Wildman–Crippen MR) is 130 cm³/mol. The quantitative estimate of drug-likeness (QED) is 0.386. The molecule has 0 fully saturated rings. The number of para-hydroxylation sites is 1. The monoisotopic (exact) mass is 440 g/mol. The molecule has 6 heteroatoms. The van der Waals surface area contributed by atoms with Crippen LogP contribution in [0, 0.1) is 0 Å². The lowest BCUT2D eigenvalue weighted by molar-refractivity contribution is 0.708. The number of nitrogens with one attached hydrogen (secondary N) is 1. The molecular weight excluding hydrogens is 424 g/mol. The Bertz CT molecular complexity index is 1370. The minimum absolute atomic E-state index is 0.316. The van der Waals surface area contributed by atoms with E-state index in [1.54, 1.807) is 11.8 Å². The summed E-state index contributed by atoms with van der Waals surface area (Å²) in [6, 6.07) is 26.4. The fourth-order valence-corrected chi connectivity index (χ4v) is 5.01. The van der Waals surface area contributed by atoms with E-state index in [0.29, 0.717) is 5.02 Å². The maximum Gasteiger partial charge on any atom is 0.176 e. The number of hydrogen-bond acceptors (Lipinski definition) is 4. The molecule has 1 N–H and O–H groups in total. The maximum absolute atomic E-state index is 6.16. The molecule has 0 saturated heterocycles. The van der Waals surface area contributed by atoms with Crippen molar-refractivity contribution in [3.63, 3.8) is 0 Å². The van der Waals surface area contributed by atoms with E-state index in [1.165, 1.54) is 0 Å². The number of hydrogen-bond donors (Lipinski definition) is 1. The van der Waals surface area contributed by atoms with Gasteiger partial charge in [-0.1, -0.05) is 71.9 Å². The van der Waals surface area contributed by atoms with E-state index in [4.69, 9.17) is 21.6 Å². The molecule has 3 heterocycles. The molecule has 31 heavy (non-hydrogen) atoms. The third kappa shape index (κ3) is 3.17. The number of amidine groups is 2. The highest BCUT2D eigenvalue weighted by Crippen LogP contribution is 2.41. The summed E-state index contributed by atoms with van der Waals surface area (Å²) in [5.41, 5.74) is 5.38. The Morgan fingerprint density at radius 1 is 0.839 bits per heavy atom. The van der Waals surface area contributed by atoms with E-state index in [2.05, 4.69) is 39.6 Å². The average molecular weight is 441 g/mol. The molecule has 0 radical (unpaired) electrons. The Balaban J connectivity index is 1.50. The summed E-state index contributed by atoms with van der Waals surface area (Å²) in [6.45, 7) is 0. The van der Waals surface area contributed by atoms with Crippen molar-refractivity contribution in [1.29, 1.82) is 0 Å². The number of rotatable bonds is 3. The Labute approximate surface area is 189 Å². The first-order valence-electron chi connectivity index (χ1n) is 9.98. The molecule has 150 valence electrons. The van der Waals surface area contributed by atoms with E-state index < -0.39 is 0 Å². The van der Waals surface area contributed by atoms with Crippen molar-refractivity contribution in [2.75, 3.05) is 0 Å². The van der Waals surface area contributed by atoms with Gasteiger partial charge >= 0.3 is 0 Å². The van der Waals surface area contributed by atoms with E-state index in [9.17, 15) is 0 Å². The highest BCUT2D eigenvalue weighted by Gasteiger charge is 2.34. The van der Waals surface area contributed by atoms with Gasteiger partial charge in [0.1, 0.15) is 5.84 Å². The van der Waals surface area contributed by atoms with E-state index in [1.807, 2.05) is 60.8 Å². The van der Waals surface area contributed by atoms with Crippen molar-refractivity contribution in [3.05, 3.63) is 112 Å². The zero-order chi connectivity index (χ0) is 20.8. The van der Waals surface area contributed by atoms with Crippen LogP contribution in [0.15, 0.2) is 100 Å². The van der Waals surface area contributed by atoms with Crippen LogP contribution in [0.2, 0.25) is 5.02 Å². The van der Waals surface area contributed by atoms with Gasteiger partial charge in [0.2, 0.25) is 0 Å². The van der Waals surface area contributed by atoms with Gasteiger partial charge < -0.3 is 4.98 Å². The number of nitrogens with zero attached hydrogens (tertiary/aromatic N) is 3. The molecule has 0 bridgehead atoms. The van der Waals surface area contributed by atoms with Crippen molar-refractivity contribution in [1.82, 2.24) is 9.88 Å². The number of aromatic amines is 1. The molecular formula is C25H17ClN4S. The molecule has 6 rings (SSSR count). The van der Waals surface area contributed by atoms with Crippen LogP contribution < -0.4 is 0 Å². The van der Waals surface area contributed by atoms with Crippen molar-refractivity contribution >= 4 is 51.0 Å². The fraction of sp³-hybridized carbons (Fsp3) is 0.0400. The van der Waals surface area contributed by atoms with E-state index in [0.717, 1.165) is 44.3 Å². The normalized spacial score (nSPS) is 17.9. The van der Waals surface area contributed by atoms with Crippen molar-refractivity contribution in [3.8, 4) is 0 Å². The topological polar surface area (TPSA) is 43.8 Å². The third-order valence-corrected chi connectivity index (χ3v) is 6.56. The molecule has 0 aliphatic carbocycles. The van der Waals surface area contributed by atoms with Gasteiger partial charge in [0, 0.05) is 38.7 Å². The summed E-state index contributed by atoms with van der Waals surface area (Å²) in [4.78, 5) is 15.7. The molecule has 4 nitrogen and oxygen atoms in total. The number of aliphatic imine (C=N–C) groups is 2. The zero-order valence-electron chi connectivity index (χ0n) is 16.4. The van der Waals surface area contributed by atoms with Crippen LogP contribution in [0.5, 0.6) is 0 Å². The zero-order valence-corrected chi connectivity index (χ0v) is 17.9. The predicted octanol–water partition coefficient (Wildman–Crippen LogP) is 6.68. The molecule has 0 spiro atoms. The minimum Gasteiger partial charge on any atom is -0.361 e. The van der Waals surface area contributed by atoms with Gasteiger partial charge in [-0.25, -0.2) is 9.98 Å². The van der Waals surface area contributed by atoms with Crippen LogP contribution in [0.1, 0.15) is 22.9 Å². The summed E-state index contributed by atoms with van der Waals surface area (Å²) in [5.74, 6) is 0.872. The van der Waals surface area contributed by atoms with Gasteiger partial charge in [-0.2, -0.15) is 0 Å². The third-order valence-electron chi connectivity index (χ3n) is 5.47.